The molecule has 0 saturated carbocycles. The second kappa shape index (κ2) is 13.6. The highest BCUT2D eigenvalue weighted by Gasteiger charge is 2.38. The molecule has 150 valence electrons. The molecular weight excluding hydrogens is 310 g/mol. The normalized spacial score (nSPS) is 14.3. The predicted molar refractivity (Wildman–Crippen MR) is 109 cm³/mol. The zero-order valence-corrected chi connectivity index (χ0v) is 18.2. The number of hydrogen-bond acceptors (Lipinski definition) is 3. The van der Waals surface area contributed by atoms with Gasteiger partial charge in [0, 0.05) is 6.54 Å². The van der Waals surface area contributed by atoms with Gasteiger partial charge in [-0.15, -0.1) is 0 Å². The van der Waals surface area contributed by atoms with Gasteiger partial charge in [0.1, 0.15) is 6.61 Å². The Hall–Kier alpha value is -0.570. The predicted octanol–water partition coefficient (Wildman–Crippen LogP) is 5.92. The van der Waals surface area contributed by atoms with E-state index in [4.69, 9.17) is 4.74 Å². The first-order chi connectivity index (χ1) is 11.8. The monoisotopic (exact) mass is 355 g/mol. The van der Waals surface area contributed by atoms with Gasteiger partial charge in [0.15, 0.2) is 0 Å². The molecule has 1 unspecified atom stereocenters. The fourth-order valence-corrected chi connectivity index (χ4v) is 3.34. The van der Waals surface area contributed by atoms with Crippen LogP contribution in [0.2, 0.25) is 0 Å². The van der Waals surface area contributed by atoms with Crippen molar-refractivity contribution in [3.63, 3.8) is 0 Å². The van der Waals surface area contributed by atoms with E-state index in [-0.39, 0.29) is 11.4 Å². The van der Waals surface area contributed by atoms with E-state index in [9.17, 15) is 4.79 Å². The third-order valence-corrected chi connectivity index (χ3v) is 5.37. The van der Waals surface area contributed by atoms with Crippen LogP contribution in [0, 0.1) is 17.3 Å². The van der Waals surface area contributed by atoms with Crippen LogP contribution in [0.15, 0.2) is 0 Å². The summed E-state index contributed by atoms with van der Waals surface area (Å²) in [4.78, 5) is 15.2. The number of carbonyl (C=O) groups is 1. The maximum atomic E-state index is 12.7. The number of carbonyl (C=O) groups excluding carboxylic acids is 1. The lowest BCUT2D eigenvalue weighted by Crippen LogP contribution is -2.38. The Bertz CT molecular complexity index is 331. The molecule has 0 aliphatic heterocycles. The molecule has 0 spiro atoms. The number of esters is 1. The molecule has 1 atom stereocenters. The van der Waals surface area contributed by atoms with E-state index in [0.717, 1.165) is 26.1 Å². The van der Waals surface area contributed by atoms with Crippen molar-refractivity contribution in [2.75, 3.05) is 26.2 Å². The highest BCUT2D eigenvalue weighted by Crippen LogP contribution is 2.35. The molecule has 0 aliphatic rings. The summed E-state index contributed by atoms with van der Waals surface area (Å²) in [6.07, 6.45) is 8.44. The average Bonchev–Trinajstić information content (AvgIpc) is 2.53. The summed E-state index contributed by atoms with van der Waals surface area (Å²) in [5, 5.41) is 0. The highest BCUT2D eigenvalue weighted by molar-refractivity contribution is 5.76. The van der Waals surface area contributed by atoms with Crippen molar-refractivity contribution < 1.29 is 9.53 Å². The number of hydrogen-bond donors (Lipinski definition) is 0. The second-order valence-corrected chi connectivity index (χ2v) is 8.56. The van der Waals surface area contributed by atoms with Crippen LogP contribution < -0.4 is 0 Å². The smallest absolute Gasteiger partial charge is 0.312 e. The molecule has 0 aliphatic carbocycles. The Balaban J connectivity index is 4.47. The molecule has 0 rings (SSSR count). The van der Waals surface area contributed by atoms with Gasteiger partial charge in [0.25, 0.3) is 0 Å². The molecule has 0 aromatic rings. The van der Waals surface area contributed by atoms with E-state index >= 15 is 0 Å². The van der Waals surface area contributed by atoms with Crippen molar-refractivity contribution >= 4 is 5.97 Å². The first-order valence-electron chi connectivity index (χ1n) is 10.7. The summed E-state index contributed by atoms with van der Waals surface area (Å²) in [5.74, 6) is 0.783. The Morgan fingerprint density at radius 3 is 1.84 bits per heavy atom. The van der Waals surface area contributed by atoms with E-state index in [1.807, 2.05) is 0 Å². The molecule has 3 nitrogen and oxygen atoms in total. The Labute approximate surface area is 157 Å². The molecule has 0 bridgehead atoms. The molecular formula is C22H45NO2. The van der Waals surface area contributed by atoms with Crippen LogP contribution >= 0.6 is 0 Å². The quantitative estimate of drug-likeness (QED) is 0.270. The van der Waals surface area contributed by atoms with Crippen LogP contribution in [0.5, 0.6) is 0 Å². The summed E-state index contributed by atoms with van der Waals surface area (Å²) in [5.41, 5.74) is -0.372. The molecule has 0 fully saturated rings. The maximum absolute atomic E-state index is 12.7. The lowest BCUT2D eigenvalue weighted by atomic mass is 9.73. The van der Waals surface area contributed by atoms with Crippen LogP contribution in [-0.4, -0.2) is 37.1 Å². The van der Waals surface area contributed by atoms with Crippen molar-refractivity contribution in [2.24, 2.45) is 17.3 Å². The molecule has 0 aromatic carbocycles. The standard InChI is InChI=1S/C22H45NO2/c1-8-10-12-14-23(15-13-11-9-2)16-17-25-21(24)22(7,20(5)6)18-19(3)4/h19-20H,8-18H2,1-7H3. The number of unbranched alkanes of at least 4 members (excludes halogenated alkanes) is 4. The van der Waals surface area contributed by atoms with Gasteiger partial charge < -0.3 is 4.74 Å². The number of nitrogens with zero attached hydrogens (tertiary/aromatic N) is 1. The summed E-state index contributed by atoms with van der Waals surface area (Å²) >= 11 is 0. The zero-order chi connectivity index (χ0) is 19.3. The Morgan fingerprint density at radius 1 is 0.920 bits per heavy atom. The van der Waals surface area contributed by atoms with Crippen LogP contribution in [0.3, 0.4) is 0 Å². The first-order valence-corrected chi connectivity index (χ1v) is 10.7. The minimum atomic E-state index is -0.372. The van der Waals surface area contributed by atoms with E-state index in [2.05, 4.69) is 53.4 Å². The molecule has 0 saturated heterocycles. The van der Waals surface area contributed by atoms with Crippen molar-refractivity contribution in [3.8, 4) is 0 Å². The maximum Gasteiger partial charge on any atom is 0.312 e. The van der Waals surface area contributed by atoms with Gasteiger partial charge in [-0.05, 0) is 51.1 Å². The summed E-state index contributed by atoms with van der Waals surface area (Å²) in [6.45, 7) is 18.8. The summed E-state index contributed by atoms with van der Waals surface area (Å²) in [6, 6.07) is 0. The number of ether oxygens (including phenoxy) is 1. The topological polar surface area (TPSA) is 29.5 Å². The average molecular weight is 356 g/mol. The lowest BCUT2D eigenvalue weighted by molar-refractivity contribution is -0.159. The van der Waals surface area contributed by atoms with Gasteiger partial charge in [-0.25, -0.2) is 0 Å². The van der Waals surface area contributed by atoms with Crippen LogP contribution in [0.1, 0.15) is 93.4 Å². The molecule has 0 N–H and O–H groups in total. The number of rotatable bonds is 15. The van der Waals surface area contributed by atoms with E-state index < -0.39 is 0 Å². The van der Waals surface area contributed by atoms with Gasteiger partial charge in [-0.3, -0.25) is 9.69 Å². The third-order valence-electron chi connectivity index (χ3n) is 5.37. The minimum Gasteiger partial charge on any atom is -0.464 e. The van der Waals surface area contributed by atoms with Gasteiger partial charge in [0.2, 0.25) is 0 Å². The van der Waals surface area contributed by atoms with E-state index in [1.165, 1.54) is 38.5 Å². The summed E-state index contributed by atoms with van der Waals surface area (Å²) < 4.78 is 5.73. The van der Waals surface area contributed by atoms with Crippen molar-refractivity contribution in [2.45, 2.75) is 93.4 Å². The SMILES string of the molecule is CCCCCN(CCCCC)CCOC(=O)C(C)(CC(C)C)C(C)C. The fraction of sp³-hybridized carbons (Fsp3) is 0.955. The largest absolute Gasteiger partial charge is 0.464 e. The molecule has 3 heteroatoms. The van der Waals surface area contributed by atoms with Gasteiger partial charge in [-0.2, -0.15) is 0 Å². The van der Waals surface area contributed by atoms with Crippen molar-refractivity contribution in [1.82, 2.24) is 4.90 Å². The third kappa shape index (κ3) is 10.2. The van der Waals surface area contributed by atoms with Crippen molar-refractivity contribution in [3.05, 3.63) is 0 Å². The molecule has 0 aromatic heterocycles. The van der Waals surface area contributed by atoms with Gasteiger partial charge in [-0.1, -0.05) is 67.2 Å². The first kappa shape index (κ1) is 24.4. The lowest BCUT2D eigenvalue weighted by Gasteiger charge is -2.33. The Kier molecular flexibility index (Phi) is 13.3. The van der Waals surface area contributed by atoms with E-state index in [1.54, 1.807) is 0 Å². The second-order valence-electron chi connectivity index (χ2n) is 8.56. The van der Waals surface area contributed by atoms with Crippen LogP contribution in [0.4, 0.5) is 0 Å². The molecule has 0 radical (unpaired) electrons. The zero-order valence-electron chi connectivity index (χ0n) is 18.2. The summed E-state index contributed by atoms with van der Waals surface area (Å²) in [7, 11) is 0. The minimum absolute atomic E-state index is 0.0155. The van der Waals surface area contributed by atoms with Crippen LogP contribution in [-0.2, 0) is 9.53 Å². The van der Waals surface area contributed by atoms with E-state index in [0.29, 0.717) is 18.4 Å². The fourth-order valence-electron chi connectivity index (χ4n) is 3.34. The molecule has 0 amide bonds. The molecule has 25 heavy (non-hydrogen) atoms. The van der Waals surface area contributed by atoms with Crippen molar-refractivity contribution in [1.29, 1.82) is 0 Å². The van der Waals surface area contributed by atoms with Gasteiger partial charge >= 0.3 is 5.97 Å². The Morgan fingerprint density at radius 2 is 1.44 bits per heavy atom. The highest BCUT2D eigenvalue weighted by atomic mass is 16.5. The molecule has 0 heterocycles. The van der Waals surface area contributed by atoms with Crippen LogP contribution in [0.25, 0.3) is 0 Å². The van der Waals surface area contributed by atoms with Gasteiger partial charge in [0.05, 0.1) is 5.41 Å².